The third kappa shape index (κ3) is 3.20. The van der Waals surface area contributed by atoms with Crippen molar-refractivity contribution in [1.82, 2.24) is 14.3 Å². The quantitative estimate of drug-likeness (QED) is 0.899. The van der Waals surface area contributed by atoms with Crippen molar-refractivity contribution in [1.29, 1.82) is 0 Å². The molecule has 2 N–H and O–H groups in total. The lowest BCUT2D eigenvalue weighted by molar-refractivity contribution is 0.100. The monoisotopic (exact) mass is 370 g/mol. The molecule has 1 saturated heterocycles. The van der Waals surface area contributed by atoms with E-state index >= 15 is 0 Å². The molecule has 0 unspecified atom stereocenters. The summed E-state index contributed by atoms with van der Waals surface area (Å²) in [5, 5.41) is 0.474. The number of hydrogen-bond acceptors (Lipinski definition) is 3. The smallest absolute Gasteiger partial charge is 0.275 e. The lowest BCUT2D eigenvalue weighted by Crippen LogP contribution is -2.44. The average Bonchev–Trinajstić information content (AvgIpc) is 3.00. The summed E-state index contributed by atoms with van der Waals surface area (Å²) in [6.45, 7) is 4.85. The number of hydrogen-bond donors (Lipinski definition) is 1. The maximum Gasteiger partial charge on any atom is 0.275 e. The molecule has 146 valence electrons. The Morgan fingerprint density at radius 3 is 2.41 bits per heavy atom. The summed E-state index contributed by atoms with van der Waals surface area (Å²) in [6, 6.07) is 6.30. The summed E-state index contributed by atoms with van der Waals surface area (Å²) in [7, 11) is 0. The first-order chi connectivity index (χ1) is 13.1. The molecule has 6 nitrogen and oxygen atoms in total. The first-order valence-electron chi connectivity index (χ1n) is 10.4. The van der Waals surface area contributed by atoms with Crippen molar-refractivity contribution in [2.75, 3.05) is 13.1 Å². The van der Waals surface area contributed by atoms with Crippen molar-refractivity contribution >= 4 is 16.8 Å². The summed E-state index contributed by atoms with van der Waals surface area (Å²) in [6.07, 6.45) is 8.69. The van der Waals surface area contributed by atoms with Crippen LogP contribution in [0.15, 0.2) is 23.0 Å². The van der Waals surface area contributed by atoms with E-state index < -0.39 is 5.91 Å². The van der Waals surface area contributed by atoms with Crippen molar-refractivity contribution in [3.63, 3.8) is 0 Å². The number of nitrogens with zero attached hydrogens (tertiary/aromatic N) is 3. The van der Waals surface area contributed by atoms with Gasteiger partial charge in [-0.25, -0.2) is 4.68 Å². The topological polar surface area (TPSA) is 73.3 Å². The predicted octanol–water partition coefficient (Wildman–Crippen LogP) is 2.89. The van der Waals surface area contributed by atoms with E-state index in [4.69, 9.17) is 5.73 Å². The predicted molar refractivity (Wildman–Crippen MR) is 107 cm³/mol. The van der Waals surface area contributed by atoms with E-state index in [1.54, 1.807) is 6.07 Å². The van der Waals surface area contributed by atoms with Gasteiger partial charge in [-0.2, -0.15) is 0 Å². The molecule has 4 rings (SSSR count). The zero-order chi connectivity index (χ0) is 19.0. The summed E-state index contributed by atoms with van der Waals surface area (Å²) in [5.41, 5.74) is 6.60. The number of likely N-dealkylation sites (tertiary alicyclic amines) is 1. The second-order valence-corrected chi connectivity index (χ2v) is 7.99. The van der Waals surface area contributed by atoms with Gasteiger partial charge in [-0.1, -0.05) is 25.3 Å². The largest absolute Gasteiger partial charge is 0.366 e. The van der Waals surface area contributed by atoms with Gasteiger partial charge in [0.15, 0.2) is 0 Å². The van der Waals surface area contributed by atoms with Crippen LogP contribution >= 0.6 is 0 Å². The highest BCUT2D eigenvalue weighted by Gasteiger charge is 2.29. The Morgan fingerprint density at radius 2 is 1.78 bits per heavy atom. The number of primary amides is 1. The van der Waals surface area contributed by atoms with Gasteiger partial charge in [-0.05, 0) is 44.7 Å². The van der Waals surface area contributed by atoms with Crippen LogP contribution in [-0.4, -0.2) is 39.3 Å². The van der Waals surface area contributed by atoms with Crippen LogP contribution in [0, 0.1) is 0 Å². The van der Waals surface area contributed by atoms with E-state index in [-0.39, 0.29) is 11.6 Å². The molecule has 1 aromatic carbocycles. The van der Waals surface area contributed by atoms with Gasteiger partial charge in [0, 0.05) is 25.7 Å². The van der Waals surface area contributed by atoms with E-state index in [1.165, 1.54) is 32.1 Å². The van der Waals surface area contributed by atoms with Gasteiger partial charge in [0.1, 0.15) is 0 Å². The second-order valence-electron chi connectivity index (χ2n) is 7.99. The fourth-order valence-electron chi connectivity index (χ4n) is 5.15. The molecule has 0 bridgehead atoms. The number of aromatic nitrogens is 2. The Balaban J connectivity index is 1.64. The number of nitrogens with two attached hydrogens (primary N) is 1. The molecule has 2 fully saturated rings. The highest BCUT2D eigenvalue weighted by Crippen LogP contribution is 2.30. The maximum atomic E-state index is 13.2. The molecule has 1 aliphatic heterocycles. The zero-order valence-corrected chi connectivity index (χ0v) is 16.2. The van der Waals surface area contributed by atoms with E-state index in [0.717, 1.165) is 37.5 Å². The Labute approximate surface area is 159 Å². The Morgan fingerprint density at radius 1 is 1.07 bits per heavy atom. The molecule has 1 aliphatic carbocycles. The van der Waals surface area contributed by atoms with E-state index in [9.17, 15) is 9.59 Å². The number of fused-ring (bicyclic) bond motifs is 1. The Kier molecular flexibility index (Phi) is 5.08. The molecule has 2 aliphatic rings. The fourth-order valence-corrected chi connectivity index (χ4v) is 5.15. The molecular weight excluding hydrogens is 340 g/mol. The van der Waals surface area contributed by atoms with Crippen molar-refractivity contribution in [2.24, 2.45) is 5.73 Å². The molecule has 1 amide bonds. The van der Waals surface area contributed by atoms with Gasteiger partial charge in [-0.15, -0.1) is 0 Å². The SMILES string of the molecule is CCn1c2cccc(C(N)=O)c2c(=O)n1C1CCN(C2CCCCC2)CC1. The Bertz CT molecular complexity index is 883. The van der Waals surface area contributed by atoms with Crippen LogP contribution in [0.3, 0.4) is 0 Å². The fraction of sp³-hybridized carbons (Fsp3) is 0.619. The van der Waals surface area contributed by atoms with E-state index in [2.05, 4.69) is 4.90 Å². The molecule has 0 spiro atoms. The van der Waals surface area contributed by atoms with Gasteiger partial charge >= 0.3 is 0 Å². The van der Waals surface area contributed by atoms with E-state index in [0.29, 0.717) is 17.5 Å². The minimum atomic E-state index is -0.537. The van der Waals surface area contributed by atoms with Gasteiger partial charge in [-0.3, -0.25) is 14.3 Å². The van der Waals surface area contributed by atoms with Crippen LogP contribution in [0.5, 0.6) is 0 Å². The molecule has 0 atom stereocenters. The van der Waals surface area contributed by atoms with Crippen LogP contribution in [0.1, 0.15) is 68.3 Å². The van der Waals surface area contributed by atoms with E-state index in [1.807, 2.05) is 28.4 Å². The summed E-state index contributed by atoms with van der Waals surface area (Å²) >= 11 is 0. The lowest BCUT2D eigenvalue weighted by atomic mass is 9.92. The molecule has 0 radical (unpaired) electrons. The third-order valence-electron chi connectivity index (χ3n) is 6.50. The standard InChI is InChI=1S/C21H30N4O2/c1-2-24-18-10-6-9-17(20(22)26)19(18)21(27)25(24)16-11-13-23(14-12-16)15-7-4-3-5-8-15/h6,9-10,15-16H,2-5,7-8,11-14H2,1H3,(H2,22,26). The number of aryl methyl sites for hydroxylation is 1. The number of carbonyl (C=O) groups excluding carboxylic acids is 1. The molecule has 2 aromatic rings. The number of benzene rings is 1. The minimum Gasteiger partial charge on any atom is -0.366 e. The summed E-state index contributed by atoms with van der Waals surface area (Å²) in [5.74, 6) is -0.537. The normalized spacial score (nSPS) is 20.3. The molecule has 1 saturated carbocycles. The van der Waals surface area contributed by atoms with Crippen LogP contribution in [0.4, 0.5) is 0 Å². The van der Waals surface area contributed by atoms with Crippen LogP contribution in [-0.2, 0) is 6.54 Å². The van der Waals surface area contributed by atoms with Crippen molar-refractivity contribution in [3.05, 3.63) is 34.1 Å². The molecule has 2 heterocycles. The average molecular weight is 370 g/mol. The first-order valence-corrected chi connectivity index (χ1v) is 10.4. The summed E-state index contributed by atoms with van der Waals surface area (Å²) < 4.78 is 3.93. The maximum absolute atomic E-state index is 13.2. The van der Waals surface area contributed by atoms with Gasteiger partial charge < -0.3 is 10.6 Å². The highest BCUT2D eigenvalue weighted by atomic mass is 16.1. The highest BCUT2D eigenvalue weighted by molar-refractivity contribution is 6.05. The van der Waals surface area contributed by atoms with Crippen LogP contribution in [0.25, 0.3) is 10.9 Å². The number of piperidine rings is 1. The number of carbonyl (C=O) groups is 1. The van der Waals surface area contributed by atoms with Gasteiger partial charge in [0.25, 0.3) is 5.56 Å². The van der Waals surface area contributed by atoms with Gasteiger partial charge in [0.05, 0.1) is 22.5 Å². The van der Waals surface area contributed by atoms with Crippen molar-refractivity contribution < 1.29 is 4.79 Å². The van der Waals surface area contributed by atoms with Crippen molar-refractivity contribution in [3.8, 4) is 0 Å². The first kappa shape index (κ1) is 18.3. The molecule has 1 aromatic heterocycles. The third-order valence-corrected chi connectivity index (χ3v) is 6.50. The lowest BCUT2D eigenvalue weighted by Gasteiger charge is -2.39. The van der Waals surface area contributed by atoms with Crippen LogP contribution in [0.2, 0.25) is 0 Å². The number of rotatable bonds is 4. The summed E-state index contributed by atoms with van der Waals surface area (Å²) in [4.78, 5) is 27.7. The molecule has 27 heavy (non-hydrogen) atoms. The molecule has 6 heteroatoms. The van der Waals surface area contributed by atoms with Crippen LogP contribution < -0.4 is 11.3 Å². The Hall–Kier alpha value is -2.08. The number of amides is 1. The molecular formula is C21H30N4O2. The minimum absolute atomic E-state index is 0.0719. The zero-order valence-electron chi connectivity index (χ0n) is 16.2. The second kappa shape index (κ2) is 7.50. The van der Waals surface area contributed by atoms with Crippen molar-refractivity contribution in [2.45, 2.75) is 70.5 Å². The van der Waals surface area contributed by atoms with Gasteiger partial charge in [0.2, 0.25) is 5.91 Å².